The number of carbonyl (C=O) groups is 1. The number of hydrogen-bond acceptors (Lipinski definition) is 1. The zero-order chi connectivity index (χ0) is 25.4. The van der Waals surface area contributed by atoms with Crippen LogP contribution in [0.3, 0.4) is 0 Å². The largest absolute Gasteiger partial charge is 0.478 e. The molecule has 1 fully saturated rings. The Morgan fingerprint density at radius 2 is 1.60 bits per heavy atom. The minimum absolute atomic E-state index is 0.00524. The lowest BCUT2D eigenvalue weighted by Gasteiger charge is -2.31. The van der Waals surface area contributed by atoms with E-state index in [9.17, 15) is 23.1 Å². The normalized spacial score (nSPS) is 19.0. The lowest BCUT2D eigenvalue weighted by molar-refractivity contribution is 0.0694. The molecule has 2 aromatic carbocycles. The van der Waals surface area contributed by atoms with Gasteiger partial charge in [-0.1, -0.05) is 76.8 Å². The van der Waals surface area contributed by atoms with Crippen LogP contribution < -0.4 is 0 Å². The van der Waals surface area contributed by atoms with Crippen LogP contribution in [0, 0.1) is 29.3 Å². The molecule has 0 aliphatic heterocycles. The van der Waals surface area contributed by atoms with Gasteiger partial charge in [0.25, 0.3) is 0 Å². The molecule has 0 aromatic heterocycles. The fourth-order valence-electron chi connectivity index (χ4n) is 5.40. The lowest BCUT2D eigenvalue weighted by atomic mass is 9.76. The highest BCUT2D eigenvalue weighted by molar-refractivity contribution is 5.92. The quantitative estimate of drug-likeness (QED) is 0.182. The number of rotatable bonds is 12. The van der Waals surface area contributed by atoms with Gasteiger partial charge in [-0.05, 0) is 59.6 Å². The molecule has 1 unspecified atom stereocenters. The summed E-state index contributed by atoms with van der Waals surface area (Å²) in [6.45, 7) is 2.21. The summed E-state index contributed by atoms with van der Waals surface area (Å²) in [6.07, 6.45) is 10.8. The number of aromatic carboxylic acids is 1. The predicted octanol–water partition coefficient (Wildman–Crippen LogP) is 8.91. The molecule has 0 saturated heterocycles. The van der Waals surface area contributed by atoms with E-state index in [0.29, 0.717) is 5.92 Å². The van der Waals surface area contributed by atoms with E-state index in [1.165, 1.54) is 63.1 Å². The van der Waals surface area contributed by atoms with E-state index >= 15 is 4.39 Å². The van der Waals surface area contributed by atoms with Crippen LogP contribution in [0.25, 0.3) is 11.1 Å². The van der Waals surface area contributed by atoms with Crippen molar-refractivity contribution in [3.63, 3.8) is 0 Å². The smallest absolute Gasteiger partial charge is 0.335 e. The second-order valence-electron chi connectivity index (χ2n) is 9.95. The van der Waals surface area contributed by atoms with Crippen LogP contribution in [-0.2, 0) is 6.42 Å². The zero-order valence-electron chi connectivity index (χ0n) is 20.5. The fourth-order valence-corrected chi connectivity index (χ4v) is 5.40. The standard InChI is InChI=1S/C29H36F4O2/c1-2-3-4-5-6-7-9-19-12-14-20(15-13-19)25(30)18-24-22(10-8-11-23(24)29(34)35)21-16-26(31)28(33)27(32)17-21/h8,10-11,16-17,19-20,25H,2-7,9,12-15,18H2,1H3,(H,34,35)/t19-,20-,25?. The topological polar surface area (TPSA) is 37.3 Å². The maximum Gasteiger partial charge on any atom is 0.335 e. The molecular formula is C29H36F4O2. The Morgan fingerprint density at radius 3 is 2.23 bits per heavy atom. The number of benzene rings is 2. The van der Waals surface area contributed by atoms with E-state index in [1.54, 1.807) is 0 Å². The lowest BCUT2D eigenvalue weighted by Crippen LogP contribution is -2.25. The first-order chi connectivity index (χ1) is 16.8. The molecule has 192 valence electrons. The third-order valence-corrected chi connectivity index (χ3v) is 7.47. The minimum Gasteiger partial charge on any atom is -0.478 e. The second kappa shape index (κ2) is 13.1. The Balaban J connectivity index is 1.66. The van der Waals surface area contributed by atoms with Crippen molar-refractivity contribution in [2.75, 3.05) is 0 Å². The van der Waals surface area contributed by atoms with Gasteiger partial charge in [-0.25, -0.2) is 22.4 Å². The molecule has 1 aliphatic carbocycles. The van der Waals surface area contributed by atoms with Gasteiger partial charge in [0.05, 0.1) is 5.56 Å². The SMILES string of the molecule is CCCCCCCC[C@H]1CC[C@H](C(F)Cc2c(C(=O)O)cccc2-c2cc(F)c(F)c(F)c2)CC1. The van der Waals surface area contributed by atoms with Crippen molar-refractivity contribution in [2.45, 2.75) is 90.1 Å². The van der Waals surface area contributed by atoms with E-state index in [4.69, 9.17) is 0 Å². The van der Waals surface area contributed by atoms with E-state index < -0.39 is 29.6 Å². The summed E-state index contributed by atoms with van der Waals surface area (Å²) in [6, 6.07) is 5.95. The van der Waals surface area contributed by atoms with Gasteiger partial charge in [0.1, 0.15) is 6.17 Å². The van der Waals surface area contributed by atoms with Crippen LogP contribution >= 0.6 is 0 Å². The molecule has 1 aliphatic rings. The van der Waals surface area contributed by atoms with E-state index in [0.717, 1.165) is 37.8 Å². The first-order valence-corrected chi connectivity index (χ1v) is 13.0. The van der Waals surface area contributed by atoms with Gasteiger partial charge in [-0.2, -0.15) is 0 Å². The molecule has 3 rings (SSSR count). The summed E-state index contributed by atoms with van der Waals surface area (Å²) in [5.41, 5.74) is 0.288. The molecular weight excluding hydrogens is 456 g/mol. The number of unbranched alkanes of at least 4 members (excludes halogenated alkanes) is 5. The monoisotopic (exact) mass is 492 g/mol. The Hall–Kier alpha value is -2.37. The first-order valence-electron chi connectivity index (χ1n) is 13.0. The molecule has 35 heavy (non-hydrogen) atoms. The summed E-state index contributed by atoms with van der Waals surface area (Å²) in [7, 11) is 0. The fraction of sp³-hybridized carbons (Fsp3) is 0.552. The first kappa shape index (κ1) is 27.2. The molecule has 0 spiro atoms. The van der Waals surface area contributed by atoms with Gasteiger partial charge >= 0.3 is 5.97 Å². The van der Waals surface area contributed by atoms with E-state index in [1.807, 2.05) is 0 Å². The molecule has 0 radical (unpaired) electrons. The van der Waals surface area contributed by atoms with E-state index in [-0.39, 0.29) is 34.6 Å². The van der Waals surface area contributed by atoms with Crippen LogP contribution in [-0.4, -0.2) is 17.2 Å². The van der Waals surface area contributed by atoms with E-state index in [2.05, 4.69) is 6.92 Å². The van der Waals surface area contributed by atoms with Crippen molar-refractivity contribution >= 4 is 5.97 Å². The Bertz CT molecular complexity index is 960. The zero-order valence-corrected chi connectivity index (χ0v) is 20.5. The van der Waals surface area contributed by atoms with Crippen LogP contribution in [0.15, 0.2) is 30.3 Å². The molecule has 1 N–H and O–H groups in total. The molecule has 0 heterocycles. The summed E-state index contributed by atoms with van der Waals surface area (Å²) in [5, 5.41) is 9.67. The number of hydrogen-bond donors (Lipinski definition) is 1. The van der Waals surface area contributed by atoms with Crippen LogP contribution in [0.5, 0.6) is 0 Å². The third kappa shape index (κ3) is 7.31. The average molecular weight is 493 g/mol. The van der Waals surface area contributed by atoms with Gasteiger partial charge in [0.15, 0.2) is 17.5 Å². The highest BCUT2D eigenvalue weighted by Gasteiger charge is 2.30. The Kier molecular flexibility index (Phi) is 10.2. The van der Waals surface area contributed by atoms with Crippen molar-refractivity contribution < 1.29 is 27.5 Å². The van der Waals surface area contributed by atoms with Crippen molar-refractivity contribution in [1.82, 2.24) is 0 Å². The maximum absolute atomic E-state index is 15.5. The van der Waals surface area contributed by atoms with Gasteiger partial charge in [-0.15, -0.1) is 0 Å². The van der Waals surface area contributed by atoms with Crippen LogP contribution in [0.1, 0.15) is 93.5 Å². The Morgan fingerprint density at radius 1 is 0.971 bits per heavy atom. The molecule has 6 heteroatoms. The van der Waals surface area contributed by atoms with Crippen LogP contribution in [0.2, 0.25) is 0 Å². The van der Waals surface area contributed by atoms with Crippen molar-refractivity contribution in [2.24, 2.45) is 11.8 Å². The molecule has 0 bridgehead atoms. The minimum atomic E-state index is -1.59. The second-order valence-corrected chi connectivity index (χ2v) is 9.95. The van der Waals surface area contributed by atoms with Gasteiger partial charge in [0, 0.05) is 6.42 Å². The van der Waals surface area contributed by atoms with Gasteiger partial charge in [0.2, 0.25) is 0 Å². The Labute approximate surface area is 205 Å². The molecule has 0 amide bonds. The molecule has 1 saturated carbocycles. The number of halogens is 4. The number of carboxylic acids is 1. The van der Waals surface area contributed by atoms with Gasteiger partial charge < -0.3 is 5.11 Å². The summed E-state index contributed by atoms with van der Waals surface area (Å²) < 4.78 is 56.7. The summed E-state index contributed by atoms with van der Waals surface area (Å²) in [4.78, 5) is 11.8. The van der Waals surface area contributed by atoms with Crippen molar-refractivity contribution in [3.05, 3.63) is 58.9 Å². The molecule has 2 nitrogen and oxygen atoms in total. The highest BCUT2D eigenvalue weighted by atomic mass is 19.2. The van der Waals surface area contributed by atoms with Gasteiger partial charge in [-0.3, -0.25) is 0 Å². The molecule has 1 atom stereocenters. The summed E-state index contributed by atoms with van der Waals surface area (Å²) >= 11 is 0. The number of carboxylic acid groups (broad SMARTS) is 1. The predicted molar refractivity (Wildman–Crippen MR) is 131 cm³/mol. The molecule has 2 aromatic rings. The third-order valence-electron chi connectivity index (χ3n) is 7.47. The van der Waals surface area contributed by atoms with Crippen molar-refractivity contribution in [3.8, 4) is 11.1 Å². The van der Waals surface area contributed by atoms with Crippen LogP contribution in [0.4, 0.5) is 17.6 Å². The van der Waals surface area contributed by atoms with Crippen molar-refractivity contribution in [1.29, 1.82) is 0 Å². The number of alkyl halides is 1. The maximum atomic E-state index is 15.5. The average Bonchev–Trinajstić information content (AvgIpc) is 2.84. The summed E-state index contributed by atoms with van der Waals surface area (Å²) in [5.74, 6) is -5.12. The highest BCUT2D eigenvalue weighted by Crippen LogP contribution is 2.37.